The van der Waals surface area contributed by atoms with Crippen LogP contribution in [0.15, 0.2) is 46.3 Å². The van der Waals surface area contributed by atoms with Gasteiger partial charge >= 0.3 is 0 Å². The maximum atomic E-state index is 12.1. The van der Waals surface area contributed by atoms with Gasteiger partial charge in [0.2, 0.25) is 0 Å². The van der Waals surface area contributed by atoms with E-state index < -0.39 is 10.0 Å². The maximum absolute atomic E-state index is 12.1. The molecule has 0 saturated heterocycles. The van der Waals surface area contributed by atoms with Crippen LogP contribution in [-0.2, 0) is 16.6 Å². The summed E-state index contributed by atoms with van der Waals surface area (Å²) in [5.41, 5.74) is 0.489. The highest BCUT2D eigenvalue weighted by Gasteiger charge is 2.18. The largest absolute Gasteiger partial charge is 0.336 e. The first kappa shape index (κ1) is 13.1. The summed E-state index contributed by atoms with van der Waals surface area (Å²) in [7, 11) is -3.64. The minimum Gasteiger partial charge on any atom is -0.336 e. The second-order valence-corrected chi connectivity index (χ2v) is 6.11. The fourth-order valence-corrected chi connectivity index (χ4v) is 2.94. The van der Waals surface area contributed by atoms with Crippen LogP contribution < -0.4 is 4.72 Å². The second-order valence-electron chi connectivity index (χ2n) is 3.63. The van der Waals surface area contributed by atoms with E-state index in [1.54, 1.807) is 22.8 Å². The van der Waals surface area contributed by atoms with Crippen molar-refractivity contribution in [2.45, 2.75) is 18.5 Å². The van der Waals surface area contributed by atoms with Crippen molar-refractivity contribution in [3.05, 3.63) is 41.3 Å². The number of rotatable bonds is 4. The first-order valence-electron chi connectivity index (χ1n) is 5.32. The SMILES string of the molecule is CCn1cnc(S(=O)(=O)Nc2ccccc2Br)c1. The lowest BCUT2D eigenvalue weighted by molar-refractivity contribution is 0.598. The Balaban J connectivity index is 2.30. The van der Waals surface area contributed by atoms with Crippen molar-refractivity contribution >= 4 is 31.6 Å². The van der Waals surface area contributed by atoms with Crippen molar-refractivity contribution < 1.29 is 8.42 Å². The average Bonchev–Trinajstić information content (AvgIpc) is 2.81. The topological polar surface area (TPSA) is 64.0 Å². The van der Waals surface area contributed by atoms with Crippen LogP contribution in [0.2, 0.25) is 0 Å². The number of halogens is 1. The van der Waals surface area contributed by atoms with Crippen molar-refractivity contribution in [3.8, 4) is 0 Å². The molecule has 0 aliphatic carbocycles. The van der Waals surface area contributed by atoms with Crippen LogP contribution in [-0.4, -0.2) is 18.0 Å². The minimum atomic E-state index is -3.64. The fraction of sp³-hybridized carbons (Fsp3) is 0.182. The van der Waals surface area contributed by atoms with Gasteiger partial charge < -0.3 is 4.57 Å². The highest BCUT2D eigenvalue weighted by atomic mass is 79.9. The summed E-state index contributed by atoms with van der Waals surface area (Å²) < 4.78 is 29.0. The van der Waals surface area contributed by atoms with E-state index in [2.05, 4.69) is 25.6 Å². The highest BCUT2D eigenvalue weighted by Crippen LogP contribution is 2.23. The molecule has 2 rings (SSSR count). The van der Waals surface area contributed by atoms with E-state index in [0.717, 1.165) is 0 Å². The minimum absolute atomic E-state index is 0.0140. The van der Waals surface area contributed by atoms with E-state index in [0.29, 0.717) is 16.7 Å². The lowest BCUT2D eigenvalue weighted by Crippen LogP contribution is -2.13. The van der Waals surface area contributed by atoms with Gasteiger partial charge in [-0.25, -0.2) is 4.98 Å². The lowest BCUT2D eigenvalue weighted by Gasteiger charge is -2.07. The van der Waals surface area contributed by atoms with Crippen LogP contribution in [0.25, 0.3) is 0 Å². The summed E-state index contributed by atoms with van der Waals surface area (Å²) in [6.45, 7) is 2.59. The molecule has 1 aromatic heterocycles. The third-order valence-corrected chi connectivity index (χ3v) is 4.31. The number of imidazole rings is 1. The molecule has 0 unspecified atom stereocenters. The number of hydrogen-bond acceptors (Lipinski definition) is 3. The van der Waals surface area contributed by atoms with Gasteiger partial charge in [-0.2, -0.15) is 8.42 Å². The summed E-state index contributed by atoms with van der Waals surface area (Å²) in [6, 6.07) is 7.02. The van der Waals surface area contributed by atoms with Crippen molar-refractivity contribution in [2.75, 3.05) is 4.72 Å². The normalized spacial score (nSPS) is 11.4. The molecule has 0 spiro atoms. The molecular formula is C11H12BrN3O2S. The molecule has 2 aromatic rings. The smallest absolute Gasteiger partial charge is 0.280 e. The Kier molecular flexibility index (Phi) is 3.72. The Morgan fingerprint density at radius 2 is 2.11 bits per heavy atom. The standard InChI is InChI=1S/C11H12BrN3O2S/c1-2-15-7-11(13-8-15)18(16,17)14-10-6-4-3-5-9(10)12/h3-8,14H,2H2,1H3. The molecule has 1 aromatic carbocycles. The van der Waals surface area contributed by atoms with Crippen molar-refractivity contribution in [2.24, 2.45) is 0 Å². The summed E-state index contributed by atoms with van der Waals surface area (Å²) in [5, 5.41) is 0.0140. The van der Waals surface area contributed by atoms with Gasteiger partial charge in [0.1, 0.15) is 0 Å². The van der Waals surface area contributed by atoms with Crippen LogP contribution in [0.3, 0.4) is 0 Å². The van der Waals surface area contributed by atoms with Gasteiger partial charge in [0.25, 0.3) is 10.0 Å². The van der Waals surface area contributed by atoms with Gasteiger partial charge in [-0.05, 0) is 35.0 Å². The molecule has 0 atom stereocenters. The van der Waals surface area contributed by atoms with Crippen LogP contribution >= 0.6 is 15.9 Å². The zero-order valence-electron chi connectivity index (χ0n) is 9.67. The molecular weight excluding hydrogens is 318 g/mol. The van der Waals surface area contributed by atoms with Crippen LogP contribution in [0.1, 0.15) is 6.92 Å². The van der Waals surface area contributed by atoms with Crippen LogP contribution in [0.5, 0.6) is 0 Å². The number of nitrogens with zero attached hydrogens (tertiary/aromatic N) is 2. The van der Waals surface area contributed by atoms with E-state index in [9.17, 15) is 8.42 Å². The van der Waals surface area contributed by atoms with E-state index in [4.69, 9.17) is 0 Å². The molecule has 0 fully saturated rings. The number of aryl methyl sites for hydroxylation is 1. The molecule has 7 heteroatoms. The molecule has 0 aliphatic heterocycles. The molecule has 0 radical (unpaired) electrons. The van der Waals surface area contributed by atoms with Gasteiger partial charge in [-0.15, -0.1) is 0 Å². The van der Waals surface area contributed by atoms with Crippen molar-refractivity contribution in [1.82, 2.24) is 9.55 Å². The number of anilines is 1. The Morgan fingerprint density at radius 1 is 1.39 bits per heavy atom. The third-order valence-electron chi connectivity index (χ3n) is 2.37. The lowest BCUT2D eigenvalue weighted by atomic mass is 10.3. The first-order valence-corrected chi connectivity index (χ1v) is 7.59. The molecule has 18 heavy (non-hydrogen) atoms. The zero-order chi connectivity index (χ0) is 13.2. The third kappa shape index (κ3) is 2.73. The monoisotopic (exact) mass is 329 g/mol. The van der Waals surface area contributed by atoms with Gasteiger partial charge in [0.05, 0.1) is 12.0 Å². The number of para-hydroxylation sites is 1. The fourth-order valence-electron chi connectivity index (χ4n) is 1.39. The van der Waals surface area contributed by atoms with E-state index in [-0.39, 0.29) is 5.03 Å². The molecule has 0 aliphatic rings. The number of sulfonamides is 1. The number of benzene rings is 1. The van der Waals surface area contributed by atoms with Crippen LogP contribution in [0.4, 0.5) is 5.69 Å². The van der Waals surface area contributed by atoms with Gasteiger partial charge in [0.15, 0.2) is 5.03 Å². The summed E-state index contributed by atoms with van der Waals surface area (Å²) >= 11 is 3.29. The summed E-state index contributed by atoms with van der Waals surface area (Å²) in [5.74, 6) is 0. The predicted molar refractivity (Wildman–Crippen MR) is 72.9 cm³/mol. The van der Waals surface area contributed by atoms with Gasteiger partial charge in [0, 0.05) is 17.2 Å². The number of aromatic nitrogens is 2. The number of nitrogens with one attached hydrogen (secondary N) is 1. The Labute approximate surface area is 114 Å². The van der Waals surface area contributed by atoms with Crippen molar-refractivity contribution in [1.29, 1.82) is 0 Å². The van der Waals surface area contributed by atoms with E-state index in [1.807, 2.05) is 13.0 Å². The Hall–Kier alpha value is -1.34. The average molecular weight is 330 g/mol. The van der Waals surface area contributed by atoms with Gasteiger partial charge in [-0.3, -0.25) is 4.72 Å². The quantitative estimate of drug-likeness (QED) is 0.937. The molecule has 96 valence electrons. The predicted octanol–water partition coefficient (Wildman–Crippen LogP) is 2.47. The van der Waals surface area contributed by atoms with Gasteiger partial charge in [-0.1, -0.05) is 12.1 Å². The molecule has 0 bridgehead atoms. The van der Waals surface area contributed by atoms with Crippen molar-refractivity contribution in [3.63, 3.8) is 0 Å². The van der Waals surface area contributed by atoms with E-state index in [1.165, 1.54) is 12.5 Å². The second kappa shape index (κ2) is 5.11. The highest BCUT2D eigenvalue weighted by molar-refractivity contribution is 9.10. The summed E-state index contributed by atoms with van der Waals surface area (Å²) in [4.78, 5) is 3.88. The first-order chi connectivity index (χ1) is 8.53. The Morgan fingerprint density at radius 3 is 2.72 bits per heavy atom. The van der Waals surface area contributed by atoms with E-state index >= 15 is 0 Å². The molecule has 0 amide bonds. The molecule has 5 nitrogen and oxygen atoms in total. The van der Waals surface area contributed by atoms with Crippen LogP contribution in [0, 0.1) is 0 Å². The molecule has 1 N–H and O–H groups in total. The maximum Gasteiger partial charge on any atom is 0.280 e. The molecule has 1 heterocycles. The summed E-state index contributed by atoms with van der Waals surface area (Å²) in [6.07, 6.45) is 2.99. The Bertz CT molecular complexity index is 652. The zero-order valence-corrected chi connectivity index (χ0v) is 12.1. The molecule has 0 saturated carbocycles. The number of hydrogen-bond donors (Lipinski definition) is 1.